The zero-order chi connectivity index (χ0) is 10.7. The lowest BCUT2D eigenvalue weighted by atomic mass is 10.2. The molecule has 0 aliphatic heterocycles. The summed E-state index contributed by atoms with van der Waals surface area (Å²) in [4.78, 5) is 0. The highest BCUT2D eigenvalue weighted by atomic mass is 16.5. The topological polar surface area (TPSA) is 49.7 Å². The van der Waals surface area contributed by atoms with E-state index in [1.54, 1.807) is 0 Å². The molecule has 0 radical (unpaired) electrons. The van der Waals surface area contributed by atoms with Crippen molar-refractivity contribution in [3.8, 4) is 0 Å². The van der Waals surface area contributed by atoms with E-state index in [1.165, 1.54) is 0 Å². The summed E-state index contributed by atoms with van der Waals surface area (Å²) in [5.41, 5.74) is 1.12. The normalized spacial score (nSPS) is 30.7. The minimum atomic E-state index is -0.620. The van der Waals surface area contributed by atoms with Crippen LogP contribution in [0.1, 0.15) is 18.4 Å². The van der Waals surface area contributed by atoms with E-state index < -0.39 is 12.2 Å². The van der Waals surface area contributed by atoms with E-state index in [2.05, 4.69) is 0 Å². The second kappa shape index (κ2) is 4.75. The fraction of sp³-hybridized carbons (Fsp3) is 0.500. The first-order valence-electron chi connectivity index (χ1n) is 5.27. The number of aliphatic hydroxyl groups is 2. The molecule has 3 nitrogen and oxygen atoms in total. The summed E-state index contributed by atoms with van der Waals surface area (Å²) in [5, 5.41) is 18.7. The maximum atomic E-state index is 9.34. The number of ether oxygens (including phenoxy) is 1. The summed E-state index contributed by atoms with van der Waals surface area (Å²) in [6.45, 7) is 0.547. The molecule has 1 aromatic carbocycles. The predicted octanol–water partition coefficient (Wildman–Crippen LogP) is 1.09. The van der Waals surface area contributed by atoms with Crippen molar-refractivity contribution in [1.29, 1.82) is 0 Å². The van der Waals surface area contributed by atoms with Gasteiger partial charge in [0.2, 0.25) is 0 Å². The average molecular weight is 208 g/mol. The molecule has 3 atom stereocenters. The Morgan fingerprint density at radius 2 is 1.67 bits per heavy atom. The Hall–Kier alpha value is -0.900. The van der Waals surface area contributed by atoms with Crippen molar-refractivity contribution in [2.75, 3.05) is 0 Å². The Bertz CT molecular complexity index is 289. The Kier molecular flexibility index (Phi) is 3.36. The predicted molar refractivity (Wildman–Crippen MR) is 56.3 cm³/mol. The molecule has 2 N–H and O–H groups in total. The van der Waals surface area contributed by atoms with E-state index in [1.807, 2.05) is 30.3 Å². The van der Waals surface area contributed by atoms with Gasteiger partial charge in [-0.15, -0.1) is 0 Å². The second-order valence-electron chi connectivity index (χ2n) is 4.02. The molecule has 82 valence electrons. The average Bonchev–Trinajstić information content (AvgIpc) is 2.57. The minimum absolute atomic E-state index is 0.0183. The van der Waals surface area contributed by atoms with Crippen LogP contribution in [0.15, 0.2) is 30.3 Å². The number of aliphatic hydroxyl groups excluding tert-OH is 2. The standard InChI is InChI=1S/C12H16O3/c13-11-6-10(7-12(11)14)15-8-9-4-2-1-3-5-9/h1-5,10-14H,6-8H2/t10-,11+,12-. The van der Waals surface area contributed by atoms with Crippen LogP contribution in [0.25, 0.3) is 0 Å². The van der Waals surface area contributed by atoms with Gasteiger partial charge in [-0.25, -0.2) is 0 Å². The molecule has 0 unspecified atom stereocenters. The quantitative estimate of drug-likeness (QED) is 0.781. The van der Waals surface area contributed by atoms with E-state index in [4.69, 9.17) is 4.74 Å². The molecular formula is C12H16O3. The second-order valence-corrected chi connectivity index (χ2v) is 4.02. The van der Waals surface area contributed by atoms with Gasteiger partial charge in [0.15, 0.2) is 0 Å². The van der Waals surface area contributed by atoms with Gasteiger partial charge in [0.25, 0.3) is 0 Å². The third-order valence-electron chi connectivity index (χ3n) is 2.78. The lowest BCUT2D eigenvalue weighted by Crippen LogP contribution is -2.17. The van der Waals surface area contributed by atoms with Gasteiger partial charge in [-0.2, -0.15) is 0 Å². The molecule has 0 saturated heterocycles. The Labute approximate surface area is 89.3 Å². The number of hydrogen-bond donors (Lipinski definition) is 2. The first-order valence-corrected chi connectivity index (χ1v) is 5.27. The largest absolute Gasteiger partial charge is 0.390 e. The summed E-state index contributed by atoms with van der Waals surface area (Å²) in [5.74, 6) is 0. The minimum Gasteiger partial charge on any atom is -0.390 e. The van der Waals surface area contributed by atoms with Crippen molar-refractivity contribution in [2.24, 2.45) is 0 Å². The van der Waals surface area contributed by atoms with Gasteiger partial charge in [-0.05, 0) is 5.56 Å². The third-order valence-corrected chi connectivity index (χ3v) is 2.78. The number of hydrogen-bond acceptors (Lipinski definition) is 3. The first-order chi connectivity index (χ1) is 7.25. The van der Waals surface area contributed by atoms with Crippen molar-refractivity contribution >= 4 is 0 Å². The summed E-state index contributed by atoms with van der Waals surface area (Å²) in [7, 11) is 0. The Balaban J connectivity index is 1.80. The zero-order valence-corrected chi connectivity index (χ0v) is 8.54. The molecule has 15 heavy (non-hydrogen) atoms. The molecule has 1 aliphatic carbocycles. The SMILES string of the molecule is O[C@@H]1C[C@H](OCc2ccccc2)C[C@@H]1O. The highest BCUT2D eigenvalue weighted by Crippen LogP contribution is 2.23. The molecule has 1 fully saturated rings. The van der Waals surface area contributed by atoms with E-state index in [0.717, 1.165) is 5.56 Å². The van der Waals surface area contributed by atoms with Crippen LogP contribution in [0.4, 0.5) is 0 Å². The summed E-state index contributed by atoms with van der Waals surface area (Å²) >= 11 is 0. The van der Waals surface area contributed by atoms with Crippen LogP contribution in [0.2, 0.25) is 0 Å². The third kappa shape index (κ3) is 2.78. The molecule has 0 spiro atoms. The maximum absolute atomic E-state index is 9.34. The molecule has 1 aliphatic rings. The van der Waals surface area contributed by atoms with Crippen LogP contribution >= 0.6 is 0 Å². The maximum Gasteiger partial charge on any atom is 0.0824 e. The van der Waals surface area contributed by atoms with Crippen LogP contribution in [0, 0.1) is 0 Å². The number of benzene rings is 1. The van der Waals surface area contributed by atoms with Gasteiger partial charge in [0, 0.05) is 12.8 Å². The van der Waals surface area contributed by atoms with E-state index in [0.29, 0.717) is 19.4 Å². The summed E-state index contributed by atoms with van der Waals surface area (Å²) in [6.07, 6.45) is -0.186. The van der Waals surface area contributed by atoms with Crippen LogP contribution < -0.4 is 0 Å². The van der Waals surface area contributed by atoms with Crippen LogP contribution in [0.3, 0.4) is 0 Å². The monoisotopic (exact) mass is 208 g/mol. The molecule has 0 amide bonds. The van der Waals surface area contributed by atoms with Crippen LogP contribution in [-0.2, 0) is 11.3 Å². The fourth-order valence-electron chi connectivity index (χ4n) is 1.87. The van der Waals surface area contributed by atoms with Gasteiger partial charge in [0.1, 0.15) is 0 Å². The van der Waals surface area contributed by atoms with Crippen molar-refractivity contribution in [3.63, 3.8) is 0 Å². The van der Waals surface area contributed by atoms with Crippen molar-refractivity contribution < 1.29 is 14.9 Å². The Morgan fingerprint density at radius 3 is 2.27 bits per heavy atom. The van der Waals surface area contributed by atoms with Gasteiger partial charge in [-0.1, -0.05) is 30.3 Å². The number of rotatable bonds is 3. The molecule has 1 aromatic rings. The van der Waals surface area contributed by atoms with Gasteiger partial charge in [0.05, 0.1) is 24.9 Å². The molecule has 2 rings (SSSR count). The molecular weight excluding hydrogens is 192 g/mol. The smallest absolute Gasteiger partial charge is 0.0824 e. The lowest BCUT2D eigenvalue weighted by Gasteiger charge is -2.10. The molecule has 1 saturated carbocycles. The van der Waals surface area contributed by atoms with Gasteiger partial charge in [-0.3, -0.25) is 0 Å². The van der Waals surface area contributed by atoms with E-state index in [-0.39, 0.29) is 6.10 Å². The summed E-state index contributed by atoms with van der Waals surface area (Å²) < 4.78 is 5.61. The van der Waals surface area contributed by atoms with Crippen molar-refractivity contribution in [1.82, 2.24) is 0 Å². The van der Waals surface area contributed by atoms with Gasteiger partial charge < -0.3 is 14.9 Å². The zero-order valence-electron chi connectivity index (χ0n) is 8.54. The molecule has 0 aromatic heterocycles. The van der Waals surface area contributed by atoms with Gasteiger partial charge >= 0.3 is 0 Å². The molecule has 3 heteroatoms. The molecule has 0 bridgehead atoms. The highest BCUT2D eigenvalue weighted by molar-refractivity contribution is 5.13. The van der Waals surface area contributed by atoms with E-state index in [9.17, 15) is 10.2 Å². The van der Waals surface area contributed by atoms with Crippen molar-refractivity contribution in [3.05, 3.63) is 35.9 Å². The molecule has 0 heterocycles. The summed E-state index contributed by atoms with van der Waals surface area (Å²) in [6, 6.07) is 9.91. The Morgan fingerprint density at radius 1 is 1.07 bits per heavy atom. The van der Waals surface area contributed by atoms with Crippen molar-refractivity contribution in [2.45, 2.75) is 37.8 Å². The first kappa shape index (κ1) is 10.6. The van der Waals surface area contributed by atoms with Crippen LogP contribution in [-0.4, -0.2) is 28.5 Å². The lowest BCUT2D eigenvalue weighted by molar-refractivity contribution is 0.0354. The van der Waals surface area contributed by atoms with E-state index >= 15 is 0 Å². The van der Waals surface area contributed by atoms with Crippen LogP contribution in [0.5, 0.6) is 0 Å². The highest BCUT2D eigenvalue weighted by Gasteiger charge is 2.31. The fourth-order valence-corrected chi connectivity index (χ4v) is 1.87.